The van der Waals surface area contributed by atoms with Crippen LogP contribution in [0.4, 0.5) is 29.1 Å². The molecular weight excluding hydrogens is 400 g/mol. The molecule has 0 aliphatic heterocycles. The summed E-state index contributed by atoms with van der Waals surface area (Å²) in [5.41, 5.74) is 1.89. The average Bonchev–Trinajstić information content (AvgIpc) is 2.73. The van der Waals surface area contributed by atoms with Crippen molar-refractivity contribution < 1.29 is 17.6 Å². The number of fused-ring (bicyclic) bond motifs is 1. The Hall–Kier alpha value is -3.69. The third kappa shape index (κ3) is 3.88. The highest BCUT2D eigenvalue weighted by Gasteiger charge is 2.30. The summed E-state index contributed by atoms with van der Waals surface area (Å²) < 4.78 is 51.4. The second-order valence-electron chi connectivity index (χ2n) is 6.46. The number of nitrogens with one attached hydrogen (secondary N) is 1. The standard InChI is InChI=1S/C20H14F4N6/c1-11-6-16(29-17-5-2-13(9-26-17)20(22,23)24)14-3-4-15(30-19(14)28-11)18-12(7-21)8-25-10-27-18/h2-6,8-10H,7H2,1H3,(H,26,28,29,30). The van der Waals surface area contributed by atoms with Crippen molar-refractivity contribution in [2.24, 2.45) is 0 Å². The van der Waals surface area contributed by atoms with Gasteiger partial charge in [-0.2, -0.15) is 13.2 Å². The minimum absolute atomic E-state index is 0.245. The molecule has 152 valence electrons. The van der Waals surface area contributed by atoms with Gasteiger partial charge in [0.25, 0.3) is 0 Å². The average molecular weight is 414 g/mol. The van der Waals surface area contributed by atoms with E-state index in [4.69, 9.17) is 0 Å². The molecule has 0 fully saturated rings. The number of anilines is 2. The molecule has 30 heavy (non-hydrogen) atoms. The summed E-state index contributed by atoms with van der Waals surface area (Å²) in [6, 6.07) is 7.35. The van der Waals surface area contributed by atoms with Crippen LogP contribution < -0.4 is 5.32 Å². The smallest absolute Gasteiger partial charge is 0.340 e. The van der Waals surface area contributed by atoms with Crippen LogP contribution in [0.1, 0.15) is 16.8 Å². The molecule has 0 saturated carbocycles. The first-order valence-corrected chi connectivity index (χ1v) is 8.79. The van der Waals surface area contributed by atoms with E-state index in [1.165, 1.54) is 18.6 Å². The molecule has 1 N–H and O–H groups in total. The van der Waals surface area contributed by atoms with E-state index in [-0.39, 0.29) is 5.82 Å². The highest BCUT2D eigenvalue weighted by molar-refractivity contribution is 5.92. The van der Waals surface area contributed by atoms with Crippen molar-refractivity contribution in [3.05, 3.63) is 65.9 Å². The largest absolute Gasteiger partial charge is 0.417 e. The van der Waals surface area contributed by atoms with Crippen LogP contribution in [0.2, 0.25) is 0 Å². The lowest BCUT2D eigenvalue weighted by molar-refractivity contribution is -0.137. The van der Waals surface area contributed by atoms with Crippen molar-refractivity contribution in [2.75, 3.05) is 5.32 Å². The van der Waals surface area contributed by atoms with Crippen molar-refractivity contribution in [1.29, 1.82) is 0 Å². The molecule has 0 spiro atoms. The summed E-state index contributed by atoms with van der Waals surface area (Å²) in [6.07, 6.45) is -0.984. The Labute approximate surface area is 168 Å². The number of alkyl halides is 4. The van der Waals surface area contributed by atoms with Gasteiger partial charge >= 0.3 is 6.18 Å². The maximum absolute atomic E-state index is 13.2. The third-order valence-electron chi connectivity index (χ3n) is 4.33. The van der Waals surface area contributed by atoms with Crippen LogP contribution in [-0.4, -0.2) is 24.9 Å². The lowest BCUT2D eigenvalue weighted by Crippen LogP contribution is -2.06. The number of hydrogen-bond acceptors (Lipinski definition) is 6. The van der Waals surface area contributed by atoms with E-state index in [0.717, 1.165) is 12.3 Å². The number of aryl methyl sites for hydroxylation is 1. The Morgan fingerprint density at radius 2 is 1.83 bits per heavy atom. The van der Waals surface area contributed by atoms with Crippen LogP contribution >= 0.6 is 0 Å². The predicted octanol–water partition coefficient (Wildman–Crippen LogP) is 5.02. The van der Waals surface area contributed by atoms with Gasteiger partial charge in [-0.05, 0) is 37.3 Å². The monoisotopic (exact) mass is 414 g/mol. The van der Waals surface area contributed by atoms with Gasteiger partial charge in [-0.25, -0.2) is 29.3 Å². The molecule has 0 aliphatic carbocycles. The van der Waals surface area contributed by atoms with Gasteiger partial charge in [0.05, 0.1) is 22.6 Å². The van der Waals surface area contributed by atoms with Gasteiger partial charge in [0.2, 0.25) is 0 Å². The molecule has 10 heteroatoms. The fraction of sp³-hybridized carbons (Fsp3) is 0.150. The Balaban J connectivity index is 1.73. The van der Waals surface area contributed by atoms with E-state index >= 15 is 0 Å². The Morgan fingerprint density at radius 1 is 1.00 bits per heavy atom. The minimum Gasteiger partial charge on any atom is -0.340 e. The third-order valence-corrected chi connectivity index (χ3v) is 4.33. The highest BCUT2D eigenvalue weighted by atomic mass is 19.4. The first-order valence-electron chi connectivity index (χ1n) is 8.79. The molecule has 0 bridgehead atoms. The summed E-state index contributed by atoms with van der Waals surface area (Å²) in [5, 5.41) is 3.63. The SMILES string of the molecule is Cc1cc(Nc2ccc(C(F)(F)F)cn2)c2ccc(-c3ncncc3CF)nc2n1. The van der Waals surface area contributed by atoms with Gasteiger partial charge in [-0.3, -0.25) is 0 Å². The summed E-state index contributed by atoms with van der Waals surface area (Å²) in [4.78, 5) is 20.7. The number of hydrogen-bond donors (Lipinski definition) is 1. The quantitative estimate of drug-likeness (QED) is 0.473. The predicted molar refractivity (Wildman–Crippen MR) is 103 cm³/mol. The molecule has 6 nitrogen and oxygen atoms in total. The van der Waals surface area contributed by atoms with Crippen LogP contribution in [0.3, 0.4) is 0 Å². The van der Waals surface area contributed by atoms with Crippen LogP contribution in [-0.2, 0) is 12.9 Å². The number of halogens is 4. The number of aromatic nitrogens is 5. The summed E-state index contributed by atoms with van der Waals surface area (Å²) in [6.45, 7) is 1.03. The topological polar surface area (TPSA) is 76.5 Å². The normalized spacial score (nSPS) is 11.6. The van der Waals surface area contributed by atoms with E-state index in [1.54, 1.807) is 25.1 Å². The minimum atomic E-state index is -4.45. The number of nitrogens with zero attached hydrogens (tertiary/aromatic N) is 5. The van der Waals surface area contributed by atoms with Crippen molar-refractivity contribution in [2.45, 2.75) is 19.8 Å². The van der Waals surface area contributed by atoms with Crippen LogP contribution in [0.25, 0.3) is 22.4 Å². The van der Waals surface area contributed by atoms with Crippen LogP contribution in [0.5, 0.6) is 0 Å². The highest BCUT2D eigenvalue weighted by Crippen LogP contribution is 2.31. The Bertz CT molecular complexity index is 1210. The molecule has 0 aliphatic rings. The second-order valence-corrected chi connectivity index (χ2v) is 6.46. The fourth-order valence-corrected chi connectivity index (χ4v) is 2.93. The molecule has 0 unspecified atom stereocenters. The van der Waals surface area contributed by atoms with Crippen molar-refractivity contribution in [1.82, 2.24) is 24.9 Å². The van der Waals surface area contributed by atoms with E-state index in [1.807, 2.05) is 0 Å². The zero-order valence-electron chi connectivity index (χ0n) is 15.6. The van der Waals surface area contributed by atoms with E-state index in [2.05, 4.69) is 30.2 Å². The first-order chi connectivity index (χ1) is 14.3. The van der Waals surface area contributed by atoms with E-state index in [9.17, 15) is 17.6 Å². The molecular formula is C20H14F4N6. The summed E-state index contributed by atoms with van der Waals surface area (Å²) in [7, 11) is 0. The summed E-state index contributed by atoms with van der Waals surface area (Å²) >= 11 is 0. The lowest BCUT2D eigenvalue weighted by Gasteiger charge is -2.12. The van der Waals surface area contributed by atoms with Crippen molar-refractivity contribution in [3.63, 3.8) is 0 Å². The van der Waals surface area contributed by atoms with Gasteiger partial charge < -0.3 is 5.32 Å². The summed E-state index contributed by atoms with van der Waals surface area (Å²) in [5.74, 6) is 0.245. The first kappa shape index (κ1) is 19.6. The molecule has 0 atom stereocenters. The molecule has 0 aromatic carbocycles. The Kier molecular flexibility index (Phi) is 4.98. The van der Waals surface area contributed by atoms with Crippen LogP contribution in [0.15, 0.2) is 49.1 Å². The molecule has 4 aromatic heterocycles. The Morgan fingerprint density at radius 3 is 2.53 bits per heavy atom. The molecule has 0 saturated heterocycles. The number of pyridine rings is 3. The lowest BCUT2D eigenvalue weighted by atomic mass is 10.1. The molecule has 0 radical (unpaired) electrons. The molecule has 4 aromatic rings. The van der Waals surface area contributed by atoms with E-state index in [0.29, 0.717) is 39.4 Å². The second kappa shape index (κ2) is 7.62. The molecule has 4 rings (SSSR count). The van der Waals surface area contributed by atoms with Gasteiger partial charge in [-0.1, -0.05) is 0 Å². The molecule has 4 heterocycles. The van der Waals surface area contributed by atoms with E-state index < -0.39 is 18.4 Å². The fourth-order valence-electron chi connectivity index (χ4n) is 2.93. The maximum atomic E-state index is 13.2. The van der Waals surface area contributed by atoms with Gasteiger partial charge in [0.1, 0.15) is 18.8 Å². The zero-order valence-corrected chi connectivity index (χ0v) is 15.6. The van der Waals surface area contributed by atoms with Crippen molar-refractivity contribution >= 4 is 22.5 Å². The van der Waals surface area contributed by atoms with Crippen LogP contribution in [0, 0.1) is 6.92 Å². The number of rotatable bonds is 4. The molecule has 0 amide bonds. The zero-order chi connectivity index (χ0) is 21.3. The van der Waals surface area contributed by atoms with Gasteiger partial charge in [0.15, 0.2) is 5.65 Å². The van der Waals surface area contributed by atoms with Gasteiger partial charge in [0, 0.05) is 29.0 Å². The maximum Gasteiger partial charge on any atom is 0.417 e. The van der Waals surface area contributed by atoms with Gasteiger partial charge in [-0.15, -0.1) is 0 Å². The van der Waals surface area contributed by atoms with Crippen molar-refractivity contribution in [3.8, 4) is 11.4 Å².